The molecule has 0 saturated carbocycles. The molecule has 6 nitrogen and oxygen atoms in total. The maximum atomic E-state index is 5.94. The third-order valence-corrected chi connectivity index (χ3v) is 5.99. The number of para-hydroxylation sites is 1. The van der Waals surface area contributed by atoms with E-state index in [4.69, 9.17) is 4.42 Å². The molecule has 0 fully saturated rings. The van der Waals surface area contributed by atoms with Gasteiger partial charge in [-0.2, -0.15) is 0 Å². The molecule has 2 aliphatic rings. The largest absolute Gasteiger partial charge is 0.416 e. The van der Waals surface area contributed by atoms with Gasteiger partial charge < -0.3 is 4.42 Å². The predicted octanol–water partition coefficient (Wildman–Crippen LogP) is 6.45. The van der Waals surface area contributed by atoms with Crippen molar-refractivity contribution in [1.82, 2.24) is 25.0 Å². The van der Waals surface area contributed by atoms with E-state index in [2.05, 4.69) is 67.5 Å². The predicted molar refractivity (Wildman–Crippen MR) is 133 cm³/mol. The summed E-state index contributed by atoms with van der Waals surface area (Å²) in [6.07, 6.45) is 16.9. The zero-order chi connectivity index (χ0) is 22.7. The molecular formula is C28H23N5O. The molecule has 0 bridgehead atoms. The van der Waals surface area contributed by atoms with Crippen LogP contribution in [0.5, 0.6) is 0 Å². The normalized spacial score (nSPS) is 15.3. The van der Waals surface area contributed by atoms with Crippen LogP contribution in [0.15, 0.2) is 95.5 Å². The maximum Gasteiger partial charge on any atom is 0.248 e. The number of benzene rings is 2. The van der Waals surface area contributed by atoms with Gasteiger partial charge >= 0.3 is 0 Å². The van der Waals surface area contributed by atoms with E-state index in [1.807, 2.05) is 48.5 Å². The summed E-state index contributed by atoms with van der Waals surface area (Å²) in [5.41, 5.74) is 4.93. The summed E-state index contributed by atoms with van der Waals surface area (Å²) in [7, 11) is 0. The lowest BCUT2D eigenvalue weighted by Crippen LogP contribution is -2.03. The Bertz CT molecular complexity index is 1440. The Morgan fingerprint density at radius 3 is 1.94 bits per heavy atom. The van der Waals surface area contributed by atoms with Gasteiger partial charge in [0.15, 0.2) is 11.6 Å². The molecule has 0 spiro atoms. The molecule has 0 unspecified atom stereocenters. The lowest BCUT2D eigenvalue weighted by atomic mass is 10.1. The molecular weight excluding hydrogens is 422 g/mol. The zero-order valence-corrected chi connectivity index (χ0v) is 18.6. The molecule has 6 rings (SSSR count). The topological polar surface area (TPSA) is 69.6 Å². The van der Waals surface area contributed by atoms with Crippen LogP contribution >= 0.6 is 0 Å². The van der Waals surface area contributed by atoms with Crippen molar-refractivity contribution in [2.45, 2.75) is 25.7 Å². The van der Waals surface area contributed by atoms with E-state index in [0.29, 0.717) is 11.8 Å². The number of hydrogen-bond acceptors (Lipinski definition) is 5. The monoisotopic (exact) mass is 445 g/mol. The molecule has 0 aliphatic heterocycles. The lowest BCUT2D eigenvalue weighted by Gasteiger charge is -2.12. The summed E-state index contributed by atoms with van der Waals surface area (Å²) in [6.45, 7) is 0. The second kappa shape index (κ2) is 8.90. The van der Waals surface area contributed by atoms with Crippen LogP contribution in [0.2, 0.25) is 0 Å². The van der Waals surface area contributed by atoms with E-state index in [9.17, 15) is 0 Å². The number of hydrogen-bond donors (Lipinski definition) is 0. The summed E-state index contributed by atoms with van der Waals surface area (Å²) >= 11 is 0. The van der Waals surface area contributed by atoms with E-state index >= 15 is 0 Å². The molecule has 2 heterocycles. The van der Waals surface area contributed by atoms with Crippen molar-refractivity contribution in [2.75, 3.05) is 0 Å². The second-order valence-electron chi connectivity index (χ2n) is 8.29. The molecule has 4 aromatic rings. The van der Waals surface area contributed by atoms with Crippen LogP contribution < -0.4 is 0 Å². The van der Waals surface area contributed by atoms with Crippen molar-refractivity contribution in [3.8, 4) is 28.5 Å². The van der Waals surface area contributed by atoms with Gasteiger partial charge in [0.1, 0.15) is 0 Å². The number of nitrogens with zero attached hydrogens (tertiary/aromatic N) is 5. The molecule has 6 heteroatoms. The van der Waals surface area contributed by atoms with Gasteiger partial charge in [-0.25, -0.2) is 0 Å². The highest BCUT2D eigenvalue weighted by atomic mass is 16.4. The zero-order valence-electron chi connectivity index (χ0n) is 18.6. The molecule has 0 radical (unpaired) electrons. The van der Waals surface area contributed by atoms with Crippen LogP contribution in [-0.2, 0) is 0 Å². The Morgan fingerprint density at radius 1 is 0.588 bits per heavy atom. The van der Waals surface area contributed by atoms with Crippen molar-refractivity contribution in [3.63, 3.8) is 0 Å². The van der Waals surface area contributed by atoms with Gasteiger partial charge in [-0.3, -0.25) is 4.57 Å². The first-order valence-corrected chi connectivity index (χ1v) is 11.6. The molecule has 34 heavy (non-hydrogen) atoms. The summed E-state index contributed by atoms with van der Waals surface area (Å²) in [6, 6.07) is 18.2. The molecule has 0 amide bonds. The highest BCUT2D eigenvalue weighted by Gasteiger charge is 2.19. The minimum absolute atomic E-state index is 0.504. The van der Waals surface area contributed by atoms with Gasteiger partial charge in [0, 0.05) is 28.0 Å². The quantitative estimate of drug-likeness (QED) is 0.353. The first kappa shape index (κ1) is 20.3. The van der Waals surface area contributed by atoms with E-state index in [1.54, 1.807) is 0 Å². The fourth-order valence-corrected chi connectivity index (χ4v) is 4.25. The average Bonchev–Trinajstić information content (AvgIpc) is 3.59. The van der Waals surface area contributed by atoms with E-state index < -0.39 is 0 Å². The van der Waals surface area contributed by atoms with Crippen molar-refractivity contribution in [3.05, 3.63) is 103 Å². The third kappa shape index (κ3) is 3.83. The molecule has 166 valence electrons. The van der Waals surface area contributed by atoms with Crippen LogP contribution in [0.4, 0.5) is 0 Å². The van der Waals surface area contributed by atoms with Crippen LogP contribution in [-0.4, -0.2) is 25.0 Å². The summed E-state index contributed by atoms with van der Waals surface area (Å²) in [5, 5.41) is 17.6. The Labute approximate surface area is 197 Å². The number of allylic oxidation sites excluding steroid dienone is 8. The molecule has 0 saturated heterocycles. The van der Waals surface area contributed by atoms with Crippen LogP contribution in [0, 0.1) is 0 Å². The van der Waals surface area contributed by atoms with Crippen molar-refractivity contribution < 1.29 is 4.42 Å². The van der Waals surface area contributed by atoms with Gasteiger partial charge in [-0.15, -0.1) is 20.4 Å². The third-order valence-electron chi connectivity index (χ3n) is 5.99. The van der Waals surface area contributed by atoms with E-state index in [1.165, 1.54) is 0 Å². The van der Waals surface area contributed by atoms with E-state index in [0.717, 1.165) is 65.3 Å². The standard InChI is InChI=1S/C28H23N5O/c1-4-10-20(11-5-1)25-29-30-26(33(25)24-14-8-3-9-15-24)21-16-18-23(19-17-21)28-32-31-27(34-28)22-12-6-2-7-13-22/h3-4,6,8-19H,1-2,5,7H2. The fraction of sp³-hybridized carbons (Fsp3) is 0.143. The molecule has 2 aliphatic carbocycles. The van der Waals surface area contributed by atoms with Crippen LogP contribution in [0.1, 0.15) is 37.4 Å². The number of aromatic nitrogens is 5. The van der Waals surface area contributed by atoms with Crippen LogP contribution in [0.3, 0.4) is 0 Å². The molecule has 2 aromatic carbocycles. The van der Waals surface area contributed by atoms with Gasteiger partial charge in [0.2, 0.25) is 11.8 Å². The van der Waals surface area contributed by atoms with Crippen molar-refractivity contribution in [1.29, 1.82) is 0 Å². The summed E-state index contributed by atoms with van der Waals surface area (Å²) < 4.78 is 8.06. The Hall–Kier alpha value is -4.32. The van der Waals surface area contributed by atoms with Crippen molar-refractivity contribution in [2.24, 2.45) is 0 Å². The van der Waals surface area contributed by atoms with Gasteiger partial charge in [0.05, 0.1) is 0 Å². The van der Waals surface area contributed by atoms with Crippen LogP contribution in [0.25, 0.3) is 39.7 Å². The minimum Gasteiger partial charge on any atom is -0.416 e. The Morgan fingerprint density at radius 2 is 1.24 bits per heavy atom. The summed E-state index contributed by atoms with van der Waals surface area (Å²) in [5.74, 6) is 2.69. The lowest BCUT2D eigenvalue weighted by molar-refractivity contribution is 0.554. The smallest absolute Gasteiger partial charge is 0.248 e. The highest BCUT2D eigenvalue weighted by molar-refractivity contribution is 5.75. The second-order valence-corrected chi connectivity index (χ2v) is 8.29. The first-order chi connectivity index (χ1) is 16.9. The Kier molecular flexibility index (Phi) is 5.32. The van der Waals surface area contributed by atoms with Gasteiger partial charge in [-0.05, 0) is 49.9 Å². The highest BCUT2D eigenvalue weighted by Crippen LogP contribution is 2.30. The van der Waals surface area contributed by atoms with Gasteiger partial charge in [-0.1, -0.05) is 66.8 Å². The molecule has 0 atom stereocenters. The first-order valence-electron chi connectivity index (χ1n) is 11.6. The minimum atomic E-state index is 0.504. The Balaban J connectivity index is 1.36. The molecule has 0 N–H and O–H groups in total. The SMILES string of the molecule is C1=CC(c2nnc(-c3ccc(-c4nnc(C5=CCCC=C5)n4-c4ccccc4)cc3)o2)=CCC1. The fourth-order valence-electron chi connectivity index (χ4n) is 4.25. The van der Waals surface area contributed by atoms with Crippen molar-refractivity contribution >= 4 is 11.1 Å². The van der Waals surface area contributed by atoms with Gasteiger partial charge in [0.25, 0.3) is 0 Å². The average molecular weight is 446 g/mol. The van der Waals surface area contributed by atoms with E-state index in [-0.39, 0.29) is 0 Å². The number of rotatable bonds is 5. The molecule has 2 aromatic heterocycles. The summed E-state index contributed by atoms with van der Waals surface area (Å²) in [4.78, 5) is 0. The maximum absolute atomic E-state index is 5.94.